The Hall–Kier alpha value is -1.61. The molecular weight excluding hydrogens is 454 g/mol. The van der Waals surface area contributed by atoms with Crippen molar-refractivity contribution in [3.8, 4) is 0 Å². The fourth-order valence-electron chi connectivity index (χ4n) is 4.53. The number of rotatable bonds is 2. The Kier molecular flexibility index (Phi) is 8.38. The van der Waals surface area contributed by atoms with E-state index in [0.29, 0.717) is 6.42 Å². The molecule has 2 N–H and O–H groups in total. The molecular formula is C26H39NO6S. The van der Waals surface area contributed by atoms with Gasteiger partial charge in [-0.2, -0.15) is 0 Å². The number of aliphatic hydroxyl groups is 2. The number of aromatic nitrogens is 1. The molecule has 2 unspecified atom stereocenters. The lowest BCUT2D eigenvalue weighted by Gasteiger charge is -2.31. The van der Waals surface area contributed by atoms with Crippen LogP contribution in [0.3, 0.4) is 0 Å². The number of Topliss-reactive ketones (excluding diaryl/α,β-unsaturated/α-hetero) is 1. The molecule has 2 aliphatic rings. The fraction of sp³-hybridized carbons (Fsp3) is 0.731. The van der Waals surface area contributed by atoms with E-state index in [1.165, 1.54) is 0 Å². The minimum atomic E-state index is -1.21. The quantitative estimate of drug-likeness (QED) is 0.469. The van der Waals surface area contributed by atoms with Crippen molar-refractivity contribution in [2.75, 3.05) is 0 Å². The number of esters is 1. The Morgan fingerprint density at radius 2 is 1.94 bits per heavy atom. The molecule has 34 heavy (non-hydrogen) atoms. The summed E-state index contributed by atoms with van der Waals surface area (Å²) in [7, 11) is 0. The SMILES string of the molecule is C/C(=C\c1csc(C)n1)C1C[C@@H]2OC2(C)CCC[C@H](C)[C@H](O)CC(=O)C(C)(C)[C@@H](O)CC(=O)O1. The maximum Gasteiger partial charge on any atom is 0.309 e. The van der Waals surface area contributed by atoms with Gasteiger partial charge in [-0.15, -0.1) is 11.3 Å². The normalized spacial score (nSPS) is 36.0. The van der Waals surface area contributed by atoms with Crippen LogP contribution in [-0.2, 0) is 19.1 Å². The zero-order valence-corrected chi connectivity index (χ0v) is 22.0. The van der Waals surface area contributed by atoms with Crippen LogP contribution >= 0.6 is 11.3 Å². The van der Waals surface area contributed by atoms with E-state index in [4.69, 9.17) is 9.47 Å². The van der Waals surface area contributed by atoms with Gasteiger partial charge in [0, 0.05) is 23.6 Å². The van der Waals surface area contributed by atoms with Gasteiger partial charge in [-0.25, -0.2) is 4.98 Å². The molecule has 3 heterocycles. The summed E-state index contributed by atoms with van der Waals surface area (Å²) in [5.41, 5.74) is 0.218. The summed E-state index contributed by atoms with van der Waals surface area (Å²) in [5.74, 6) is -0.873. The summed E-state index contributed by atoms with van der Waals surface area (Å²) in [4.78, 5) is 30.2. The molecule has 6 atom stereocenters. The molecule has 0 amide bonds. The molecule has 2 aliphatic heterocycles. The summed E-state index contributed by atoms with van der Waals surface area (Å²) < 4.78 is 11.9. The molecule has 0 saturated carbocycles. The second kappa shape index (κ2) is 10.6. The minimum absolute atomic E-state index is 0.0399. The third-order valence-corrected chi connectivity index (χ3v) is 8.34. The number of hydrogen-bond acceptors (Lipinski definition) is 8. The van der Waals surface area contributed by atoms with E-state index in [1.54, 1.807) is 25.2 Å². The zero-order chi connectivity index (χ0) is 25.3. The smallest absolute Gasteiger partial charge is 0.309 e. The molecule has 0 aromatic carbocycles. The van der Waals surface area contributed by atoms with E-state index in [0.717, 1.165) is 35.5 Å². The van der Waals surface area contributed by atoms with Crippen molar-refractivity contribution in [1.29, 1.82) is 0 Å². The van der Waals surface area contributed by atoms with E-state index in [2.05, 4.69) is 11.9 Å². The lowest BCUT2D eigenvalue weighted by atomic mass is 9.77. The Morgan fingerprint density at radius 1 is 1.24 bits per heavy atom. The molecule has 190 valence electrons. The van der Waals surface area contributed by atoms with Crippen molar-refractivity contribution >= 4 is 29.2 Å². The van der Waals surface area contributed by atoms with Crippen LogP contribution in [0, 0.1) is 18.3 Å². The number of thiazole rings is 1. The molecule has 3 rings (SSSR count). The third-order valence-electron chi connectivity index (χ3n) is 7.55. The Morgan fingerprint density at radius 3 is 2.59 bits per heavy atom. The van der Waals surface area contributed by atoms with Crippen LogP contribution < -0.4 is 0 Å². The number of nitrogens with zero attached hydrogens (tertiary/aromatic N) is 1. The minimum Gasteiger partial charge on any atom is -0.458 e. The van der Waals surface area contributed by atoms with Gasteiger partial charge in [0.25, 0.3) is 0 Å². The highest BCUT2D eigenvalue weighted by molar-refractivity contribution is 7.09. The largest absolute Gasteiger partial charge is 0.458 e. The summed E-state index contributed by atoms with van der Waals surface area (Å²) >= 11 is 1.56. The van der Waals surface area contributed by atoms with Gasteiger partial charge in [0.1, 0.15) is 11.9 Å². The lowest BCUT2D eigenvalue weighted by Crippen LogP contribution is -2.41. The molecule has 0 spiro atoms. The number of ketones is 1. The number of carbonyl (C=O) groups is 2. The number of fused-ring (bicyclic) bond motifs is 1. The van der Waals surface area contributed by atoms with Crippen LogP contribution in [0.25, 0.3) is 6.08 Å². The van der Waals surface area contributed by atoms with Crippen molar-refractivity contribution in [2.24, 2.45) is 11.3 Å². The predicted octanol–water partition coefficient (Wildman–Crippen LogP) is 4.23. The molecule has 8 heteroatoms. The molecule has 0 radical (unpaired) electrons. The van der Waals surface area contributed by atoms with Crippen molar-refractivity contribution in [3.63, 3.8) is 0 Å². The highest BCUT2D eigenvalue weighted by atomic mass is 32.1. The van der Waals surface area contributed by atoms with E-state index in [9.17, 15) is 19.8 Å². The summed E-state index contributed by atoms with van der Waals surface area (Å²) in [6.45, 7) is 11.1. The average Bonchev–Trinajstić information content (AvgIpc) is 3.18. The van der Waals surface area contributed by atoms with Crippen LogP contribution in [0.5, 0.6) is 0 Å². The van der Waals surface area contributed by atoms with Gasteiger partial charge in [-0.1, -0.05) is 27.2 Å². The Balaban J connectivity index is 1.83. The molecule has 0 aliphatic carbocycles. The Labute approximate surface area is 206 Å². The number of aryl methyl sites for hydroxylation is 1. The number of epoxide rings is 1. The monoisotopic (exact) mass is 493 g/mol. The van der Waals surface area contributed by atoms with E-state index >= 15 is 0 Å². The molecule has 7 nitrogen and oxygen atoms in total. The standard InChI is InChI=1S/C26H39NO6S/c1-15-8-7-9-26(6)23(33-26)12-20(16(2)10-18-14-34-17(3)27-18)32-24(31)13-22(30)25(4,5)21(29)11-19(15)28/h10,14-15,19-20,22-23,28,30H,7-9,11-13H2,1-6H3/b16-10+/t15-,19+,20?,22-,23-,26?/m0/s1. The zero-order valence-electron chi connectivity index (χ0n) is 21.2. The Bertz CT molecular complexity index is 924. The number of ether oxygens (including phenoxy) is 2. The molecule has 2 saturated heterocycles. The number of hydrogen-bond donors (Lipinski definition) is 2. The van der Waals surface area contributed by atoms with Crippen LogP contribution in [0.4, 0.5) is 0 Å². The fourth-order valence-corrected chi connectivity index (χ4v) is 5.10. The lowest BCUT2D eigenvalue weighted by molar-refractivity contribution is -0.153. The van der Waals surface area contributed by atoms with Gasteiger partial charge < -0.3 is 19.7 Å². The van der Waals surface area contributed by atoms with Crippen LogP contribution in [0.15, 0.2) is 11.0 Å². The molecule has 2 fully saturated rings. The van der Waals surface area contributed by atoms with Gasteiger partial charge in [0.15, 0.2) is 0 Å². The first kappa shape index (κ1) is 27.0. The molecule has 1 aromatic rings. The average molecular weight is 494 g/mol. The van der Waals surface area contributed by atoms with Crippen molar-refractivity contribution < 1.29 is 29.3 Å². The first-order valence-corrected chi connectivity index (χ1v) is 13.1. The summed E-state index contributed by atoms with van der Waals surface area (Å²) in [6, 6.07) is 0. The molecule has 0 bridgehead atoms. The predicted molar refractivity (Wildman–Crippen MR) is 131 cm³/mol. The maximum atomic E-state index is 12.9. The molecule has 1 aromatic heterocycles. The second-order valence-electron chi connectivity index (χ2n) is 10.8. The van der Waals surface area contributed by atoms with Gasteiger partial charge >= 0.3 is 5.97 Å². The van der Waals surface area contributed by atoms with Crippen molar-refractivity contribution in [1.82, 2.24) is 4.98 Å². The van der Waals surface area contributed by atoms with Gasteiger partial charge in [0.05, 0.1) is 41.0 Å². The van der Waals surface area contributed by atoms with Crippen LogP contribution in [-0.4, -0.2) is 57.0 Å². The van der Waals surface area contributed by atoms with E-state index < -0.39 is 29.7 Å². The summed E-state index contributed by atoms with van der Waals surface area (Å²) in [5, 5.41) is 24.2. The first-order valence-electron chi connectivity index (χ1n) is 12.2. The van der Waals surface area contributed by atoms with Crippen LogP contribution in [0.1, 0.15) is 83.8 Å². The van der Waals surface area contributed by atoms with Crippen molar-refractivity contribution in [2.45, 2.75) is 110 Å². The second-order valence-corrected chi connectivity index (χ2v) is 11.9. The highest BCUT2D eigenvalue weighted by Gasteiger charge is 2.52. The van der Waals surface area contributed by atoms with Gasteiger partial charge in [0.2, 0.25) is 0 Å². The van der Waals surface area contributed by atoms with Crippen LogP contribution in [0.2, 0.25) is 0 Å². The van der Waals surface area contributed by atoms with E-state index in [-0.39, 0.29) is 36.2 Å². The van der Waals surface area contributed by atoms with E-state index in [1.807, 2.05) is 32.2 Å². The first-order chi connectivity index (χ1) is 15.8. The number of cyclic esters (lactones) is 1. The number of aliphatic hydroxyl groups excluding tert-OH is 2. The topological polar surface area (TPSA) is 109 Å². The highest BCUT2D eigenvalue weighted by Crippen LogP contribution is 2.45. The third kappa shape index (κ3) is 6.53. The summed E-state index contributed by atoms with van der Waals surface area (Å²) in [6.07, 6.45) is 2.03. The maximum absolute atomic E-state index is 12.9. The van der Waals surface area contributed by atoms with Gasteiger partial charge in [-0.3, -0.25) is 9.59 Å². The number of carbonyl (C=O) groups excluding carboxylic acids is 2. The van der Waals surface area contributed by atoms with Gasteiger partial charge in [-0.05, 0) is 51.2 Å². The van der Waals surface area contributed by atoms with Crippen molar-refractivity contribution in [3.05, 3.63) is 21.7 Å².